The lowest BCUT2D eigenvalue weighted by molar-refractivity contribution is -0.121. The Morgan fingerprint density at radius 3 is 2.25 bits per heavy atom. The van der Waals surface area contributed by atoms with E-state index in [1.165, 1.54) is 0 Å². The second-order valence-corrected chi connectivity index (χ2v) is 5.42. The molecule has 0 aromatic heterocycles. The molecular weight excluding hydrogens is 330 g/mol. The first-order valence-corrected chi connectivity index (χ1v) is 7.78. The quantitative estimate of drug-likeness (QED) is 0.745. The fraction of sp³-hybridized carbons (Fsp3) is 0.222. The third-order valence-corrected chi connectivity index (χ3v) is 3.52. The van der Waals surface area contributed by atoms with E-state index in [4.69, 9.17) is 21.1 Å². The molecule has 0 aliphatic carbocycles. The lowest BCUT2D eigenvalue weighted by Crippen LogP contribution is -2.30. The molecule has 6 heteroatoms. The Bertz CT molecular complexity index is 683. The molecule has 24 heavy (non-hydrogen) atoms. The van der Waals surface area contributed by atoms with Crippen molar-refractivity contribution in [3.8, 4) is 11.5 Å². The van der Waals surface area contributed by atoms with Gasteiger partial charge in [0, 0.05) is 10.6 Å². The van der Waals surface area contributed by atoms with E-state index in [-0.39, 0.29) is 31.3 Å². The van der Waals surface area contributed by atoms with Crippen LogP contribution in [0, 0.1) is 0 Å². The number of benzene rings is 2. The number of carbonyl (C=O) groups excluding carboxylic acids is 2. The average Bonchev–Trinajstić information content (AvgIpc) is 2.61. The van der Waals surface area contributed by atoms with Gasteiger partial charge in [0.15, 0.2) is 5.78 Å². The molecule has 126 valence electrons. The van der Waals surface area contributed by atoms with Crippen LogP contribution in [0.3, 0.4) is 0 Å². The average molecular weight is 348 g/mol. The highest BCUT2D eigenvalue weighted by atomic mass is 35.5. The van der Waals surface area contributed by atoms with Crippen LogP contribution >= 0.6 is 11.6 Å². The zero-order valence-corrected chi connectivity index (χ0v) is 14.0. The van der Waals surface area contributed by atoms with Gasteiger partial charge in [-0.1, -0.05) is 11.6 Å². The zero-order chi connectivity index (χ0) is 17.4. The van der Waals surface area contributed by atoms with E-state index >= 15 is 0 Å². The van der Waals surface area contributed by atoms with Gasteiger partial charge in [-0.3, -0.25) is 9.59 Å². The van der Waals surface area contributed by atoms with E-state index in [1.54, 1.807) is 55.6 Å². The molecule has 0 fully saturated rings. The zero-order valence-electron chi connectivity index (χ0n) is 13.3. The molecule has 0 unspecified atom stereocenters. The molecule has 0 atom stereocenters. The number of hydrogen-bond donors (Lipinski definition) is 1. The standard InChI is InChI=1S/C18H18ClNO4/c1-23-15-6-2-13(3-7-15)17(21)12-20-18(22)10-11-24-16-8-4-14(19)5-9-16/h2-9H,10-12H2,1H3,(H,20,22). The molecule has 0 aliphatic heterocycles. The van der Waals surface area contributed by atoms with Gasteiger partial charge in [0.2, 0.25) is 5.91 Å². The number of methoxy groups -OCH3 is 1. The van der Waals surface area contributed by atoms with Crippen molar-refractivity contribution in [2.45, 2.75) is 6.42 Å². The van der Waals surface area contributed by atoms with Gasteiger partial charge in [-0.25, -0.2) is 0 Å². The van der Waals surface area contributed by atoms with Gasteiger partial charge in [-0.05, 0) is 48.5 Å². The molecular formula is C18H18ClNO4. The second-order valence-electron chi connectivity index (χ2n) is 4.98. The smallest absolute Gasteiger partial charge is 0.223 e. The van der Waals surface area contributed by atoms with E-state index in [2.05, 4.69) is 5.32 Å². The van der Waals surface area contributed by atoms with E-state index in [9.17, 15) is 9.59 Å². The number of Topliss-reactive ketones (excluding diaryl/α,β-unsaturated/α-hetero) is 1. The Labute approximate surface area is 145 Å². The van der Waals surface area contributed by atoms with Gasteiger partial charge in [0.1, 0.15) is 11.5 Å². The minimum absolute atomic E-state index is 0.0495. The largest absolute Gasteiger partial charge is 0.497 e. The van der Waals surface area contributed by atoms with Crippen LogP contribution in [0.2, 0.25) is 5.02 Å². The number of halogens is 1. The Morgan fingerprint density at radius 2 is 1.62 bits per heavy atom. The summed E-state index contributed by atoms with van der Waals surface area (Å²) in [5.74, 6) is 0.909. The molecule has 1 amide bonds. The van der Waals surface area contributed by atoms with E-state index < -0.39 is 0 Å². The predicted molar refractivity (Wildman–Crippen MR) is 91.9 cm³/mol. The maximum Gasteiger partial charge on any atom is 0.223 e. The van der Waals surface area contributed by atoms with Gasteiger partial charge >= 0.3 is 0 Å². The van der Waals surface area contributed by atoms with E-state index in [1.807, 2.05) is 0 Å². The first-order valence-electron chi connectivity index (χ1n) is 7.41. The molecule has 2 aromatic rings. The number of ether oxygens (including phenoxy) is 2. The Hall–Kier alpha value is -2.53. The van der Waals surface area contributed by atoms with Crippen molar-refractivity contribution in [1.82, 2.24) is 5.32 Å². The van der Waals surface area contributed by atoms with Crippen LogP contribution in [0.1, 0.15) is 16.8 Å². The van der Waals surface area contributed by atoms with Crippen LogP contribution in [0.4, 0.5) is 0 Å². The number of nitrogens with one attached hydrogen (secondary N) is 1. The lowest BCUT2D eigenvalue weighted by atomic mass is 10.1. The second kappa shape index (κ2) is 8.93. The summed E-state index contributed by atoms with van der Waals surface area (Å²) >= 11 is 5.78. The van der Waals surface area contributed by atoms with Crippen molar-refractivity contribution < 1.29 is 19.1 Å². The molecule has 0 aliphatic rings. The number of carbonyl (C=O) groups is 2. The molecule has 0 saturated heterocycles. The number of rotatable bonds is 8. The van der Waals surface area contributed by atoms with Crippen molar-refractivity contribution in [2.24, 2.45) is 0 Å². The molecule has 2 aromatic carbocycles. The predicted octanol–water partition coefficient (Wildman–Crippen LogP) is 3.12. The molecule has 0 spiro atoms. The summed E-state index contributed by atoms with van der Waals surface area (Å²) in [6.07, 6.45) is 0.165. The lowest BCUT2D eigenvalue weighted by Gasteiger charge is -2.07. The van der Waals surface area contributed by atoms with Crippen LogP contribution in [-0.4, -0.2) is 32.0 Å². The van der Waals surface area contributed by atoms with E-state index in [0.29, 0.717) is 22.1 Å². The summed E-state index contributed by atoms with van der Waals surface area (Å²) in [6, 6.07) is 13.6. The minimum Gasteiger partial charge on any atom is -0.497 e. The Morgan fingerprint density at radius 1 is 1.00 bits per heavy atom. The third kappa shape index (κ3) is 5.59. The van der Waals surface area contributed by atoms with Gasteiger partial charge < -0.3 is 14.8 Å². The fourth-order valence-corrected chi connectivity index (χ4v) is 2.06. The van der Waals surface area contributed by atoms with Crippen molar-refractivity contribution in [1.29, 1.82) is 0 Å². The third-order valence-electron chi connectivity index (χ3n) is 3.27. The highest BCUT2D eigenvalue weighted by molar-refractivity contribution is 6.30. The maximum absolute atomic E-state index is 12.0. The monoisotopic (exact) mass is 347 g/mol. The van der Waals surface area contributed by atoms with E-state index in [0.717, 1.165) is 0 Å². The first kappa shape index (κ1) is 17.8. The maximum atomic E-state index is 12.0. The summed E-state index contributed by atoms with van der Waals surface area (Å²) < 4.78 is 10.5. The van der Waals surface area contributed by atoms with Crippen LogP contribution in [0.5, 0.6) is 11.5 Å². The van der Waals surface area contributed by atoms with Crippen molar-refractivity contribution in [2.75, 3.05) is 20.3 Å². The Balaban J connectivity index is 1.70. The van der Waals surface area contributed by atoms with Gasteiger partial charge in [0.25, 0.3) is 0 Å². The fourth-order valence-electron chi connectivity index (χ4n) is 1.94. The van der Waals surface area contributed by atoms with Crippen LogP contribution in [0.15, 0.2) is 48.5 Å². The highest BCUT2D eigenvalue weighted by Gasteiger charge is 2.08. The SMILES string of the molecule is COc1ccc(C(=O)CNC(=O)CCOc2ccc(Cl)cc2)cc1. The van der Waals surface area contributed by atoms with Crippen LogP contribution in [-0.2, 0) is 4.79 Å². The van der Waals surface area contributed by atoms with Crippen molar-refractivity contribution in [3.63, 3.8) is 0 Å². The molecule has 0 heterocycles. The molecule has 0 saturated carbocycles. The normalized spacial score (nSPS) is 10.1. The number of ketones is 1. The first-order chi connectivity index (χ1) is 11.6. The summed E-state index contributed by atoms with van der Waals surface area (Å²) in [4.78, 5) is 23.7. The van der Waals surface area contributed by atoms with Crippen molar-refractivity contribution >= 4 is 23.3 Å². The topological polar surface area (TPSA) is 64.6 Å². The van der Waals surface area contributed by atoms with Crippen LogP contribution < -0.4 is 14.8 Å². The summed E-state index contributed by atoms with van der Waals surface area (Å²) in [5, 5.41) is 3.21. The summed E-state index contributed by atoms with van der Waals surface area (Å²) in [5.41, 5.74) is 0.522. The molecule has 2 rings (SSSR count). The molecule has 0 bridgehead atoms. The molecule has 0 radical (unpaired) electrons. The van der Waals surface area contributed by atoms with Crippen molar-refractivity contribution in [3.05, 3.63) is 59.1 Å². The van der Waals surface area contributed by atoms with Gasteiger partial charge in [-0.2, -0.15) is 0 Å². The highest BCUT2D eigenvalue weighted by Crippen LogP contribution is 2.15. The van der Waals surface area contributed by atoms with Crippen LogP contribution in [0.25, 0.3) is 0 Å². The number of hydrogen-bond acceptors (Lipinski definition) is 4. The Kier molecular flexibility index (Phi) is 6.63. The summed E-state index contributed by atoms with van der Waals surface area (Å²) in [6.45, 7) is 0.177. The minimum atomic E-state index is -0.245. The molecule has 5 nitrogen and oxygen atoms in total. The number of amides is 1. The molecule has 1 N–H and O–H groups in total. The van der Waals surface area contributed by atoms with Gasteiger partial charge in [-0.15, -0.1) is 0 Å². The van der Waals surface area contributed by atoms with Gasteiger partial charge in [0.05, 0.1) is 26.7 Å². The summed E-state index contributed by atoms with van der Waals surface area (Å²) in [7, 11) is 1.56.